The Morgan fingerprint density at radius 2 is 1.68 bits per heavy atom. The van der Waals surface area contributed by atoms with Crippen LogP contribution in [0.5, 0.6) is 0 Å². The van der Waals surface area contributed by atoms with Gasteiger partial charge in [0, 0.05) is 51.2 Å². The Morgan fingerprint density at radius 1 is 0.929 bits per heavy atom. The molecule has 0 radical (unpaired) electrons. The molecule has 28 heavy (non-hydrogen) atoms. The molecule has 0 atom stereocenters. The Balaban J connectivity index is 1.38. The summed E-state index contributed by atoms with van der Waals surface area (Å²) in [5, 5.41) is 0. The molecular formula is C22H28N4O2. The van der Waals surface area contributed by atoms with Gasteiger partial charge in [-0.1, -0.05) is 12.1 Å². The first-order valence-electron chi connectivity index (χ1n) is 10.0. The Labute approximate surface area is 166 Å². The van der Waals surface area contributed by atoms with Crippen LogP contribution >= 0.6 is 0 Å². The van der Waals surface area contributed by atoms with Crippen molar-refractivity contribution in [2.24, 2.45) is 0 Å². The van der Waals surface area contributed by atoms with Gasteiger partial charge in [-0.25, -0.2) is 4.98 Å². The maximum absolute atomic E-state index is 12.9. The van der Waals surface area contributed by atoms with Crippen molar-refractivity contribution in [3.8, 4) is 0 Å². The van der Waals surface area contributed by atoms with Crippen molar-refractivity contribution < 1.29 is 9.53 Å². The van der Waals surface area contributed by atoms with Gasteiger partial charge in [0.1, 0.15) is 5.82 Å². The van der Waals surface area contributed by atoms with E-state index in [-0.39, 0.29) is 5.91 Å². The second kappa shape index (κ2) is 8.19. The molecule has 2 saturated heterocycles. The Bertz CT molecular complexity index is 823. The number of hydrogen-bond acceptors (Lipinski definition) is 5. The minimum absolute atomic E-state index is 0.0710. The molecule has 4 rings (SSSR count). The molecule has 0 aliphatic carbocycles. The summed E-state index contributed by atoms with van der Waals surface area (Å²) in [5.41, 5.74) is 4.58. The molecule has 6 heteroatoms. The molecule has 0 unspecified atom stereocenters. The second-order valence-corrected chi connectivity index (χ2v) is 7.50. The molecule has 2 aromatic rings. The average Bonchev–Trinajstić information content (AvgIpc) is 2.76. The van der Waals surface area contributed by atoms with E-state index in [1.165, 1.54) is 16.8 Å². The summed E-state index contributed by atoms with van der Waals surface area (Å²) < 4.78 is 5.38. The number of hydrogen-bond donors (Lipinski definition) is 0. The van der Waals surface area contributed by atoms with E-state index < -0.39 is 0 Å². The lowest BCUT2D eigenvalue weighted by atomic mass is 10.1. The topological polar surface area (TPSA) is 48.9 Å². The van der Waals surface area contributed by atoms with Gasteiger partial charge in [0.2, 0.25) is 0 Å². The number of piperazine rings is 1. The number of aryl methyl sites for hydroxylation is 1. The Kier molecular flexibility index (Phi) is 5.48. The van der Waals surface area contributed by atoms with Crippen molar-refractivity contribution >= 4 is 17.4 Å². The number of pyridine rings is 1. The molecule has 1 aromatic heterocycles. The van der Waals surface area contributed by atoms with Crippen molar-refractivity contribution in [3.05, 3.63) is 53.2 Å². The fourth-order valence-corrected chi connectivity index (χ4v) is 3.90. The van der Waals surface area contributed by atoms with E-state index in [0.29, 0.717) is 5.56 Å². The van der Waals surface area contributed by atoms with Gasteiger partial charge >= 0.3 is 0 Å². The monoisotopic (exact) mass is 380 g/mol. The lowest BCUT2D eigenvalue weighted by Crippen LogP contribution is -2.49. The highest BCUT2D eigenvalue weighted by atomic mass is 16.5. The molecule has 0 spiro atoms. The third kappa shape index (κ3) is 3.83. The largest absolute Gasteiger partial charge is 0.378 e. The van der Waals surface area contributed by atoms with Crippen molar-refractivity contribution in [1.29, 1.82) is 0 Å². The van der Waals surface area contributed by atoms with Crippen molar-refractivity contribution in [3.63, 3.8) is 0 Å². The average molecular weight is 380 g/mol. The molecule has 6 nitrogen and oxygen atoms in total. The third-order valence-electron chi connectivity index (χ3n) is 5.81. The zero-order chi connectivity index (χ0) is 19.5. The molecule has 2 aliphatic rings. The maximum Gasteiger partial charge on any atom is 0.255 e. The van der Waals surface area contributed by atoms with E-state index in [9.17, 15) is 4.79 Å². The first kappa shape index (κ1) is 18.7. The Morgan fingerprint density at radius 3 is 2.36 bits per heavy atom. The number of anilines is 2. The highest BCUT2D eigenvalue weighted by Crippen LogP contribution is 2.24. The van der Waals surface area contributed by atoms with Crippen molar-refractivity contribution in [1.82, 2.24) is 9.88 Å². The van der Waals surface area contributed by atoms with E-state index in [2.05, 4.69) is 46.8 Å². The van der Waals surface area contributed by atoms with Gasteiger partial charge in [-0.3, -0.25) is 4.79 Å². The number of amides is 1. The molecule has 3 heterocycles. The van der Waals surface area contributed by atoms with E-state index >= 15 is 0 Å². The summed E-state index contributed by atoms with van der Waals surface area (Å²) in [6, 6.07) is 10.3. The van der Waals surface area contributed by atoms with Crippen LogP contribution < -0.4 is 9.80 Å². The van der Waals surface area contributed by atoms with E-state index in [4.69, 9.17) is 4.74 Å². The van der Waals surface area contributed by atoms with Crippen LogP contribution in [-0.2, 0) is 4.74 Å². The smallest absolute Gasteiger partial charge is 0.255 e. The van der Waals surface area contributed by atoms with Gasteiger partial charge in [0.25, 0.3) is 5.91 Å². The van der Waals surface area contributed by atoms with Gasteiger partial charge in [-0.15, -0.1) is 0 Å². The van der Waals surface area contributed by atoms with Gasteiger partial charge in [-0.2, -0.15) is 0 Å². The number of nitrogens with zero attached hydrogens (tertiary/aromatic N) is 4. The number of carbonyl (C=O) groups excluding carboxylic acids is 1. The summed E-state index contributed by atoms with van der Waals surface area (Å²) in [4.78, 5) is 23.9. The number of morpholine rings is 1. The molecule has 148 valence electrons. The predicted octanol–water partition coefficient (Wildman–Crippen LogP) is 2.50. The molecule has 2 aliphatic heterocycles. The number of carbonyl (C=O) groups is 1. The molecule has 0 bridgehead atoms. The van der Waals surface area contributed by atoms with Crippen molar-refractivity contribution in [2.45, 2.75) is 13.8 Å². The fraction of sp³-hybridized carbons (Fsp3) is 0.455. The Hall–Kier alpha value is -2.60. The van der Waals surface area contributed by atoms with Crippen molar-refractivity contribution in [2.75, 3.05) is 62.3 Å². The third-order valence-corrected chi connectivity index (χ3v) is 5.81. The normalized spacial score (nSPS) is 17.7. The molecule has 2 fully saturated rings. The van der Waals surface area contributed by atoms with E-state index in [0.717, 1.165) is 58.3 Å². The number of ether oxygens (including phenoxy) is 1. The second-order valence-electron chi connectivity index (χ2n) is 7.50. The van der Waals surface area contributed by atoms with Crippen LogP contribution in [0.3, 0.4) is 0 Å². The first-order valence-corrected chi connectivity index (χ1v) is 10.0. The van der Waals surface area contributed by atoms with Crippen LogP contribution in [0.15, 0.2) is 36.5 Å². The summed E-state index contributed by atoms with van der Waals surface area (Å²) in [6.07, 6.45) is 1.71. The minimum Gasteiger partial charge on any atom is -0.378 e. The SMILES string of the molecule is Cc1cccc(N2CCN(C(=O)c3ccc(N4CCOCC4)nc3)CC2)c1C. The zero-order valence-corrected chi connectivity index (χ0v) is 16.7. The van der Waals surface area contributed by atoms with Crippen LogP contribution in [0.25, 0.3) is 0 Å². The summed E-state index contributed by atoms with van der Waals surface area (Å²) in [7, 11) is 0. The van der Waals surface area contributed by atoms with Gasteiger partial charge < -0.3 is 19.4 Å². The highest BCUT2D eigenvalue weighted by molar-refractivity contribution is 5.94. The zero-order valence-electron chi connectivity index (χ0n) is 16.7. The van der Waals surface area contributed by atoms with Crippen LogP contribution in [0.4, 0.5) is 11.5 Å². The number of aromatic nitrogens is 1. The molecular weight excluding hydrogens is 352 g/mol. The lowest BCUT2D eigenvalue weighted by Gasteiger charge is -2.37. The predicted molar refractivity (Wildman–Crippen MR) is 111 cm³/mol. The minimum atomic E-state index is 0.0710. The number of benzene rings is 1. The summed E-state index contributed by atoms with van der Waals surface area (Å²) >= 11 is 0. The van der Waals surface area contributed by atoms with Crippen LogP contribution in [0, 0.1) is 13.8 Å². The van der Waals surface area contributed by atoms with E-state index in [1.54, 1.807) is 6.20 Å². The van der Waals surface area contributed by atoms with Gasteiger partial charge in [-0.05, 0) is 43.2 Å². The number of rotatable bonds is 3. The highest BCUT2D eigenvalue weighted by Gasteiger charge is 2.23. The van der Waals surface area contributed by atoms with Crippen LogP contribution in [0.2, 0.25) is 0 Å². The summed E-state index contributed by atoms with van der Waals surface area (Å²) in [6.45, 7) is 10.6. The standard InChI is InChI=1S/C22H28N4O2/c1-17-4-3-5-20(18(17)2)24-8-10-26(11-9-24)22(27)19-6-7-21(23-16-19)25-12-14-28-15-13-25/h3-7,16H,8-15H2,1-2H3. The van der Waals surface area contributed by atoms with Crippen LogP contribution in [-0.4, -0.2) is 68.3 Å². The van der Waals surface area contributed by atoms with Gasteiger partial charge in [0.15, 0.2) is 0 Å². The maximum atomic E-state index is 12.9. The van der Waals surface area contributed by atoms with Crippen LogP contribution in [0.1, 0.15) is 21.5 Å². The summed E-state index contributed by atoms with van der Waals surface area (Å²) in [5.74, 6) is 0.987. The molecule has 0 saturated carbocycles. The van der Waals surface area contributed by atoms with E-state index in [1.807, 2.05) is 17.0 Å². The fourth-order valence-electron chi connectivity index (χ4n) is 3.90. The molecule has 1 aromatic carbocycles. The molecule has 1 amide bonds. The van der Waals surface area contributed by atoms with Gasteiger partial charge in [0.05, 0.1) is 18.8 Å². The first-order chi connectivity index (χ1) is 13.6. The lowest BCUT2D eigenvalue weighted by molar-refractivity contribution is 0.0746. The molecule has 0 N–H and O–H groups in total. The quantitative estimate of drug-likeness (QED) is 0.819.